The second kappa shape index (κ2) is 10.1. The zero-order valence-corrected chi connectivity index (χ0v) is 19.1. The Balaban J connectivity index is 1.16. The topological polar surface area (TPSA) is 41.6 Å². The lowest BCUT2D eigenvalue weighted by molar-refractivity contribution is 0.0740. The van der Waals surface area contributed by atoms with E-state index in [1.54, 1.807) is 0 Å². The molecular weight excluding hydrogens is 396 g/mol. The van der Waals surface area contributed by atoms with Crippen LogP contribution >= 0.6 is 0 Å². The van der Waals surface area contributed by atoms with E-state index in [2.05, 4.69) is 35.6 Å². The average molecular weight is 433 g/mol. The Bertz CT molecular complexity index is 901. The van der Waals surface area contributed by atoms with E-state index in [0.717, 1.165) is 54.1 Å². The maximum absolute atomic E-state index is 13.4. The number of rotatable bonds is 8. The molecule has 170 valence electrons. The second-order valence-electron chi connectivity index (χ2n) is 9.99. The molecule has 1 aliphatic heterocycles. The van der Waals surface area contributed by atoms with Crippen molar-refractivity contribution >= 4 is 5.91 Å². The zero-order chi connectivity index (χ0) is 21.8. The van der Waals surface area contributed by atoms with Crippen LogP contribution in [0.3, 0.4) is 0 Å². The highest BCUT2D eigenvalue weighted by Crippen LogP contribution is 2.31. The highest BCUT2D eigenvalue weighted by Gasteiger charge is 2.27. The van der Waals surface area contributed by atoms with Gasteiger partial charge in [-0.3, -0.25) is 4.79 Å². The summed E-state index contributed by atoms with van der Waals surface area (Å²) in [5.74, 6) is 2.57. The van der Waals surface area contributed by atoms with Gasteiger partial charge in [-0.25, -0.2) is 0 Å². The molecule has 2 fully saturated rings. The van der Waals surface area contributed by atoms with Crippen LogP contribution in [0.25, 0.3) is 0 Å². The van der Waals surface area contributed by atoms with Gasteiger partial charge >= 0.3 is 0 Å². The van der Waals surface area contributed by atoms with Gasteiger partial charge in [-0.2, -0.15) is 0 Å². The first-order valence-electron chi connectivity index (χ1n) is 12.6. The monoisotopic (exact) mass is 432 g/mol. The fraction of sp³-hybridized carbons (Fsp3) is 0.536. The normalized spacial score (nSPS) is 23.4. The van der Waals surface area contributed by atoms with Crippen LogP contribution in [0.1, 0.15) is 66.4 Å². The summed E-state index contributed by atoms with van der Waals surface area (Å²) in [7, 11) is 0. The lowest BCUT2D eigenvalue weighted by Crippen LogP contribution is -2.37. The van der Waals surface area contributed by atoms with E-state index in [0.29, 0.717) is 13.2 Å². The molecule has 1 amide bonds. The van der Waals surface area contributed by atoms with Gasteiger partial charge in [0.15, 0.2) is 0 Å². The van der Waals surface area contributed by atoms with Crippen molar-refractivity contribution in [2.24, 2.45) is 11.8 Å². The van der Waals surface area contributed by atoms with E-state index in [4.69, 9.17) is 4.74 Å². The summed E-state index contributed by atoms with van der Waals surface area (Å²) in [6, 6.07) is 17.2. The van der Waals surface area contributed by atoms with E-state index in [1.165, 1.54) is 50.6 Å². The Morgan fingerprint density at radius 2 is 1.69 bits per heavy atom. The number of nitrogens with one attached hydrogen (secondary N) is 1. The number of fused-ring (bicyclic) bond motifs is 1. The predicted octanol–water partition coefficient (Wildman–Crippen LogP) is 5.06. The van der Waals surface area contributed by atoms with E-state index >= 15 is 0 Å². The highest BCUT2D eigenvalue weighted by atomic mass is 16.5. The Kier molecular flexibility index (Phi) is 6.77. The number of benzene rings is 2. The third-order valence-electron chi connectivity index (χ3n) is 7.48. The van der Waals surface area contributed by atoms with Crippen molar-refractivity contribution in [2.75, 3.05) is 26.2 Å². The van der Waals surface area contributed by atoms with E-state index in [1.807, 2.05) is 23.1 Å². The maximum Gasteiger partial charge on any atom is 0.257 e. The van der Waals surface area contributed by atoms with Crippen molar-refractivity contribution < 1.29 is 9.53 Å². The highest BCUT2D eigenvalue weighted by molar-refractivity contribution is 5.97. The van der Waals surface area contributed by atoms with E-state index in [9.17, 15) is 4.79 Å². The van der Waals surface area contributed by atoms with Crippen LogP contribution < -0.4 is 10.1 Å². The molecule has 2 aliphatic carbocycles. The first-order valence-corrected chi connectivity index (χ1v) is 12.6. The molecule has 0 saturated heterocycles. The summed E-state index contributed by atoms with van der Waals surface area (Å²) >= 11 is 0. The number of hydrogen-bond donors (Lipinski definition) is 1. The Hall–Kier alpha value is -2.33. The Morgan fingerprint density at radius 1 is 0.906 bits per heavy atom. The summed E-state index contributed by atoms with van der Waals surface area (Å²) in [5, 5.41) is 3.78. The first kappa shape index (κ1) is 21.5. The standard InChI is InChI=1S/C28H36N2O2/c31-28-26-19-24(18-22-4-2-1-3-5-22)10-13-27(26)32-17-16-30(28)15-14-21-8-11-25(12-9-21)29-20-23-6-7-23/h1-5,10,13,19,21,23,25,29H,6-9,11-12,14-18,20H2. The minimum Gasteiger partial charge on any atom is -0.491 e. The van der Waals surface area contributed by atoms with Crippen LogP contribution in [0.15, 0.2) is 48.5 Å². The van der Waals surface area contributed by atoms with Gasteiger partial charge in [0.05, 0.1) is 12.1 Å². The summed E-state index contributed by atoms with van der Waals surface area (Å²) in [5.41, 5.74) is 3.14. The molecule has 0 unspecified atom stereocenters. The SMILES string of the molecule is O=C1c2cc(Cc3ccccc3)ccc2OCCN1CCC1CCC(NCC2CC2)CC1. The molecule has 0 radical (unpaired) electrons. The van der Waals surface area contributed by atoms with Gasteiger partial charge in [-0.1, -0.05) is 36.4 Å². The summed E-state index contributed by atoms with van der Waals surface area (Å²) < 4.78 is 5.94. The van der Waals surface area contributed by atoms with Gasteiger partial charge in [-0.15, -0.1) is 0 Å². The zero-order valence-electron chi connectivity index (χ0n) is 19.1. The molecule has 2 saturated carbocycles. The van der Waals surface area contributed by atoms with Gasteiger partial charge in [0, 0.05) is 12.6 Å². The van der Waals surface area contributed by atoms with Crippen molar-refractivity contribution in [1.29, 1.82) is 0 Å². The quantitative estimate of drug-likeness (QED) is 0.634. The van der Waals surface area contributed by atoms with Crippen molar-refractivity contribution in [3.05, 3.63) is 65.2 Å². The van der Waals surface area contributed by atoms with E-state index in [-0.39, 0.29) is 5.91 Å². The molecule has 32 heavy (non-hydrogen) atoms. The Labute approximate surface area is 192 Å². The molecule has 4 heteroatoms. The number of hydrogen-bond acceptors (Lipinski definition) is 3. The van der Waals surface area contributed by atoms with Crippen LogP contribution in [0.5, 0.6) is 5.75 Å². The molecule has 0 aromatic heterocycles. The molecule has 3 aliphatic rings. The molecular formula is C28H36N2O2. The molecule has 1 N–H and O–H groups in total. The maximum atomic E-state index is 13.4. The molecule has 0 spiro atoms. The van der Waals surface area contributed by atoms with Crippen LogP contribution in [0.2, 0.25) is 0 Å². The lowest BCUT2D eigenvalue weighted by Gasteiger charge is -2.31. The van der Waals surface area contributed by atoms with Crippen molar-refractivity contribution in [3.8, 4) is 5.75 Å². The summed E-state index contributed by atoms with van der Waals surface area (Å²) in [4.78, 5) is 15.4. The van der Waals surface area contributed by atoms with Gasteiger partial charge in [0.25, 0.3) is 5.91 Å². The molecule has 2 aromatic carbocycles. The number of carbonyl (C=O) groups is 1. The number of carbonyl (C=O) groups excluding carboxylic acids is 1. The first-order chi connectivity index (χ1) is 15.7. The van der Waals surface area contributed by atoms with Gasteiger partial charge < -0.3 is 15.0 Å². The average Bonchev–Trinajstić information content (AvgIpc) is 3.67. The van der Waals surface area contributed by atoms with E-state index < -0.39 is 0 Å². The van der Waals surface area contributed by atoms with Crippen molar-refractivity contribution in [2.45, 2.75) is 57.4 Å². The van der Waals surface area contributed by atoms with Gasteiger partial charge in [0.2, 0.25) is 0 Å². The third kappa shape index (κ3) is 5.53. The van der Waals surface area contributed by atoms with Crippen LogP contribution in [-0.4, -0.2) is 43.1 Å². The predicted molar refractivity (Wildman–Crippen MR) is 128 cm³/mol. The van der Waals surface area contributed by atoms with Crippen molar-refractivity contribution in [3.63, 3.8) is 0 Å². The van der Waals surface area contributed by atoms with Gasteiger partial charge in [0.1, 0.15) is 12.4 Å². The fourth-order valence-electron chi connectivity index (χ4n) is 5.21. The van der Waals surface area contributed by atoms with Gasteiger partial charge in [-0.05, 0) is 93.0 Å². The van der Waals surface area contributed by atoms with Crippen LogP contribution in [-0.2, 0) is 6.42 Å². The molecule has 0 atom stereocenters. The molecule has 0 bridgehead atoms. The fourth-order valence-corrected chi connectivity index (χ4v) is 5.21. The molecule has 4 nitrogen and oxygen atoms in total. The smallest absolute Gasteiger partial charge is 0.257 e. The Morgan fingerprint density at radius 3 is 2.47 bits per heavy atom. The lowest BCUT2D eigenvalue weighted by atomic mass is 9.84. The third-order valence-corrected chi connectivity index (χ3v) is 7.48. The summed E-state index contributed by atoms with van der Waals surface area (Å²) in [6.45, 7) is 3.33. The molecule has 2 aromatic rings. The second-order valence-corrected chi connectivity index (χ2v) is 9.99. The molecule has 5 rings (SSSR count). The van der Waals surface area contributed by atoms with Crippen molar-refractivity contribution in [1.82, 2.24) is 10.2 Å². The molecule has 1 heterocycles. The largest absolute Gasteiger partial charge is 0.491 e. The minimum absolute atomic E-state index is 0.132. The van der Waals surface area contributed by atoms with Crippen LogP contribution in [0, 0.1) is 11.8 Å². The number of ether oxygens (including phenoxy) is 1. The number of nitrogens with zero attached hydrogens (tertiary/aromatic N) is 1. The summed E-state index contributed by atoms with van der Waals surface area (Å²) in [6.07, 6.45) is 9.96. The van der Waals surface area contributed by atoms with Crippen LogP contribution in [0.4, 0.5) is 0 Å². The number of amides is 1. The minimum atomic E-state index is 0.132.